The standard InChI is InChI=1S/C18H20ClN3O2/c1-12(7-13(2)23)14-3-5-16(6-4-14)24-17-10-22(11-17)18-20-8-15(19)9-21-18/h3-6,8-9,12,17H,7,10-11H2,1-2H3/t12-/m1/s1. The van der Waals surface area contributed by atoms with Crippen LogP contribution < -0.4 is 9.64 Å². The highest BCUT2D eigenvalue weighted by molar-refractivity contribution is 6.30. The molecule has 0 aliphatic carbocycles. The molecule has 2 heterocycles. The Morgan fingerprint density at radius 3 is 2.50 bits per heavy atom. The molecule has 1 aromatic carbocycles. The van der Waals surface area contributed by atoms with Crippen LogP contribution in [-0.4, -0.2) is 34.9 Å². The second kappa shape index (κ2) is 7.18. The normalized spacial score (nSPS) is 15.7. The maximum atomic E-state index is 11.2. The number of anilines is 1. The number of halogens is 1. The van der Waals surface area contributed by atoms with E-state index in [1.54, 1.807) is 19.3 Å². The van der Waals surface area contributed by atoms with Gasteiger partial charge in [0.25, 0.3) is 0 Å². The summed E-state index contributed by atoms with van der Waals surface area (Å²) in [4.78, 5) is 21.6. The highest BCUT2D eigenvalue weighted by Gasteiger charge is 2.30. The molecular weight excluding hydrogens is 326 g/mol. The molecule has 1 aliphatic rings. The number of nitrogens with zero attached hydrogens (tertiary/aromatic N) is 3. The Hall–Kier alpha value is -2.14. The number of aromatic nitrogens is 2. The van der Waals surface area contributed by atoms with Crippen LogP contribution >= 0.6 is 11.6 Å². The van der Waals surface area contributed by atoms with Gasteiger partial charge in [-0.05, 0) is 30.5 Å². The number of carbonyl (C=O) groups is 1. The van der Waals surface area contributed by atoms with Gasteiger partial charge in [0.1, 0.15) is 17.6 Å². The Kier molecular flexibility index (Phi) is 5.00. The summed E-state index contributed by atoms with van der Waals surface area (Å²) in [6.07, 6.45) is 3.89. The molecule has 0 radical (unpaired) electrons. The summed E-state index contributed by atoms with van der Waals surface area (Å²) in [6.45, 7) is 5.20. The lowest BCUT2D eigenvalue weighted by molar-refractivity contribution is -0.117. The predicted molar refractivity (Wildman–Crippen MR) is 93.8 cm³/mol. The fourth-order valence-corrected chi connectivity index (χ4v) is 2.86. The topological polar surface area (TPSA) is 55.3 Å². The maximum Gasteiger partial charge on any atom is 0.225 e. The molecule has 5 nitrogen and oxygen atoms in total. The van der Waals surface area contributed by atoms with Crippen LogP contribution in [0.3, 0.4) is 0 Å². The van der Waals surface area contributed by atoms with E-state index in [9.17, 15) is 4.79 Å². The number of benzene rings is 1. The van der Waals surface area contributed by atoms with Crippen molar-refractivity contribution in [3.05, 3.63) is 47.2 Å². The van der Waals surface area contributed by atoms with Crippen LogP contribution in [-0.2, 0) is 4.79 Å². The van der Waals surface area contributed by atoms with Gasteiger partial charge in [0, 0.05) is 6.42 Å². The van der Waals surface area contributed by atoms with Crippen molar-refractivity contribution in [1.29, 1.82) is 0 Å². The first-order valence-corrected chi connectivity index (χ1v) is 8.37. The first kappa shape index (κ1) is 16.7. The molecule has 3 rings (SSSR count). The van der Waals surface area contributed by atoms with E-state index in [0.717, 1.165) is 24.4 Å². The zero-order valence-electron chi connectivity index (χ0n) is 13.8. The molecule has 1 aromatic heterocycles. The average Bonchev–Trinajstić information content (AvgIpc) is 2.51. The van der Waals surface area contributed by atoms with E-state index < -0.39 is 0 Å². The Balaban J connectivity index is 1.51. The van der Waals surface area contributed by atoms with Gasteiger partial charge in [0.15, 0.2) is 0 Å². The zero-order chi connectivity index (χ0) is 17.1. The molecule has 2 aromatic rings. The van der Waals surface area contributed by atoms with Crippen LogP contribution in [0.5, 0.6) is 5.75 Å². The van der Waals surface area contributed by atoms with Crippen molar-refractivity contribution in [2.24, 2.45) is 0 Å². The Bertz CT molecular complexity index is 697. The number of hydrogen-bond donors (Lipinski definition) is 0. The molecule has 0 unspecified atom stereocenters. The summed E-state index contributed by atoms with van der Waals surface area (Å²) in [5.41, 5.74) is 1.15. The fourth-order valence-electron chi connectivity index (χ4n) is 2.76. The third-order valence-electron chi connectivity index (χ3n) is 4.08. The van der Waals surface area contributed by atoms with E-state index >= 15 is 0 Å². The van der Waals surface area contributed by atoms with Crippen LogP contribution in [0, 0.1) is 0 Å². The summed E-state index contributed by atoms with van der Waals surface area (Å²) in [5, 5.41) is 0.533. The van der Waals surface area contributed by atoms with Crippen LogP contribution in [0.4, 0.5) is 5.95 Å². The van der Waals surface area contributed by atoms with Crippen LogP contribution in [0.1, 0.15) is 31.7 Å². The molecule has 1 fully saturated rings. The maximum absolute atomic E-state index is 11.2. The van der Waals surface area contributed by atoms with Gasteiger partial charge >= 0.3 is 0 Å². The van der Waals surface area contributed by atoms with E-state index in [2.05, 4.69) is 16.9 Å². The first-order chi connectivity index (χ1) is 11.5. The third-order valence-corrected chi connectivity index (χ3v) is 4.28. The molecule has 6 heteroatoms. The number of ether oxygens (including phenoxy) is 1. The molecule has 0 bridgehead atoms. The summed E-state index contributed by atoms with van der Waals surface area (Å²) in [5.74, 6) is 1.96. The second-order valence-corrected chi connectivity index (χ2v) is 6.66. The number of hydrogen-bond acceptors (Lipinski definition) is 5. The molecule has 1 aliphatic heterocycles. The molecule has 24 heavy (non-hydrogen) atoms. The summed E-state index contributed by atoms with van der Waals surface area (Å²) in [7, 11) is 0. The van der Waals surface area contributed by atoms with E-state index in [4.69, 9.17) is 16.3 Å². The first-order valence-electron chi connectivity index (χ1n) is 8.00. The number of rotatable bonds is 6. The third kappa shape index (κ3) is 4.03. The van der Waals surface area contributed by atoms with Gasteiger partial charge in [0.2, 0.25) is 5.95 Å². The van der Waals surface area contributed by atoms with E-state index in [0.29, 0.717) is 17.4 Å². The lowest BCUT2D eigenvalue weighted by Gasteiger charge is -2.38. The monoisotopic (exact) mass is 345 g/mol. The van der Waals surface area contributed by atoms with Crippen LogP contribution in [0.25, 0.3) is 0 Å². The van der Waals surface area contributed by atoms with E-state index in [1.807, 2.05) is 29.2 Å². The number of ketones is 1. The highest BCUT2D eigenvalue weighted by Crippen LogP contribution is 2.25. The average molecular weight is 346 g/mol. The summed E-state index contributed by atoms with van der Waals surface area (Å²) in [6, 6.07) is 7.99. The van der Waals surface area contributed by atoms with Gasteiger partial charge in [-0.1, -0.05) is 30.7 Å². The highest BCUT2D eigenvalue weighted by atomic mass is 35.5. The molecular formula is C18H20ClN3O2. The van der Waals surface area contributed by atoms with Crippen molar-refractivity contribution >= 4 is 23.3 Å². The molecule has 1 saturated heterocycles. The van der Waals surface area contributed by atoms with Crippen molar-refractivity contribution in [1.82, 2.24) is 9.97 Å². The largest absolute Gasteiger partial charge is 0.487 e. The quantitative estimate of drug-likeness (QED) is 0.802. The smallest absolute Gasteiger partial charge is 0.225 e. The lowest BCUT2D eigenvalue weighted by atomic mass is 9.96. The zero-order valence-corrected chi connectivity index (χ0v) is 14.5. The number of carbonyl (C=O) groups excluding carboxylic acids is 1. The van der Waals surface area contributed by atoms with Crippen LogP contribution in [0.2, 0.25) is 5.02 Å². The van der Waals surface area contributed by atoms with E-state index in [-0.39, 0.29) is 17.8 Å². The van der Waals surface area contributed by atoms with Crippen molar-refractivity contribution in [2.45, 2.75) is 32.3 Å². The Morgan fingerprint density at radius 1 is 1.29 bits per heavy atom. The van der Waals surface area contributed by atoms with Crippen molar-refractivity contribution in [2.75, 3.05) is 18.0 Å². The van der Waals surface area contributed by atoms with Gasteiger partial charge in [-0.3, -0.25) is 0 Å². The predicted octanol–water partition coefficient (Wildman–Crippen LogP) is 3.48. The minimum atomic E-state index is 0.129. The summed E-state index contributed by atoms with van der Waals surface area (Å²) < 4.78 is 5.95. The van der Waals surface area contributed by atoms with Crippen LogP contribution in [0.15, 0.2) is 36.7 Å². The van der Waals surface area contributed by atoms with Gasteiger partial charge in [-0.25, -0.2) is 9.97 Å². The SMILES string of the molecule is CC(=O)C[C@@H](C)c1ccc(OC2CN(c3ncc(Cl)cn3)C2)cc1. The van der Waals surface area contributed by atoms with Crippen molar-refractivity contribution in [3.63, 3.8) is 0 Å². The molecule has 126 valence electrons. The van der Waals surface area contributed by atoms with E-state index in [1.165, 1.54) is 0 Å². The molecule has 0 amide bonds. The van der Waals surface area contributed by atoms with Gasteiger partial charge in [0.05, 0.1) is 30.5 Å². The van der Waals surface area contributed by atoms with Gasteiger partial charge in [-0.2, -0.15) is 0 Å². The Labute approximate surface area is 146 Å². The van der Waals surface area contributed by atoms with Gasteiger partial charge < -0.3 is 14.4 Å². The molecule has 0 N–H and O–H groups in total. The molecule has 0 saturated carbocycles. The fraction of sp³-hybridized carbons (Fsp3) is 0.389. The minimum absolute atomic E-state index is 0.129. The minimum Gasteiger partial charge on any atom is -0.487 e. The van der Waals surface area contributed by atoms with Gasteiger partial charge in [-0.15, -0.1) is 0 Å². The Morgan fingerprint density at radius 2 is 1.92 bits per heavy atom. The second-order valence-electron chi connectivity index (χ2n) is 6.22. The van der Waals surface area contributed by atoms with Crippen molar-refractivity contribution < 1.29 is 9.53 Å². The molecule has 1 atom stereocenters. The molecule has 0 spiro atoms. The lowest BCUT2D eigenvalue weighted by Crippen LogP contribution is -2.54. The van der Waals surface area contributed by atoms with Crippen molar-refractivity contribution in [3.8, 4) is 5.75 Å². The summed E-state index contributed by atoms with van der Waals surface area (Å²) >= 11 is 5.79. The number of Topliss-reactive ketones (excluding diaryl/α,β-unsaturated/α-hetero) is 1.